The summed E-state index contributed by atoms with van der Waals surface area (Å²) in [5.74, 6) is 0.371. The molecule has 3 rings (SSSR count). The van der Waals surface area contributed by atoms with E-state index < -0.39 is 10.0 Å². The third-order valence-corrected chi connectivity index (χ3v) is 6.01. The van der Waals surface area contributed by atoms with Crippen LogP contribution in [0.25, 0.3) is 10.9 Å². The molecule has 2 heterocycles. The van der Waals surface area contributed by atoms with Crippen molar-refractivity contribution in [2.75, 3.05) is 14.1 Å². The van der Waals surface area contributed by atoms with Gasteiger partial charge in [0, 0.05) is 31.5 Å². The molecule has 0 spiro atoms. The number of aromatic nitrogens is 1. The molecule has 27 heavy (non-hydrogen) atoms. The minimum Gasteiger partial charge on any atom is -0.467 e. The number of allylic oxidation sites excluding steroid dienone is 1. The zero-order valence-corrected chi connectivity index (χ0v) is 16.0. The Morgan fingerprint density at radius 1 is 1.30 bits per heavy atom. The van der Waals surface area contributed by atoms with Crippen LogP contribution < -0.4 is 5.32 Å². The van der Waals surface area contributed by atoms with Crippen molar-refractivity contribution in [1.29, 1.82) is 0 Å². The second kappa shape index (κ2) is 7.42. The fourth-order valence-electron chi connectivity index (χ4n) is 2.81. The Bertz CT molecular complexity index is 1080. The maximum absolute atomic E-state index is 12.7. The van der Waals surface area contributed by atoms with Gasteiger partial charge in [-0.05, 0) is 36.4 Å². The molecule has 0 radical (unpaired) electrons. The molecule has 0 bridgehead atoms. The van der Waals surface area contributed by atoms with Crippen LogP contribution in [0.1, 0.15) is 16.2 Å². The van der Waals surface area contributed by atoms with Gasteiger partial charge in [-0.1, -0.05) is 6.08 Å². The molecular weight excluding hydrogens is 366 g/mol. The number of carbonyl (C=O) groups is 1. The van der Waals surface area contributed by atoms with E-state index in [1.807, 2.05) is 0 Å². The lowest BCUT2D eigenvalue weighted by molar-refractivity contribution is 0.0939. The number of hydrogen-bond acceptors (Lipinski definition) is 4. The van der Waals surface area contributed by atoms with Crippen molar-refractivity contribution in [2.24, 2.45) is 0 Å². The van der Waals surface area contributed by atoms with Crippen molar-refractivity contribution in [3.63, 3.8) is 0 Å². The van der Waals surface area contributed by atoms with E-state index in [-0.39, 0.29) is 17.3 Å². The molecule has 0 saturated carbocycles. The molecule has 1 aromatic carbocycles. The third-order valence-electron chi connectivity index (χ3n) is 4.20. The highest BCUT2D eigenvalue weighted by molar-refractivity contribution is 7.89. The molecule has 2 aromatic heterocycles. The molecule has 0 aliphatic heterocycles. The number of furan rings is 1. The summed E-state index contributed by atoms with van der Waals surface area (Å²) in [5, 5.41) is 3.48. The molecule has 0 unspecified atom stereocenters. The highest BCUT2D eigenvalue weighted by Crippen LogP contribution is 2.25. The van der Waals surface area contributed by atoms with Gasteiger partial charge in [0.25, 0.3) is 5.91 Å². The van der Waals surface area contributed by atoms with Crippen molar-refractivity contribution < 1.29 is 17.6 Å². The summed E-state index contributed by atoms with van der Waals surface area (Å²) in [7, 11) is -0.589. The molecular formula is C19H21N3O4S. The lowest BCUT2D eigenvalue weighted by Gasteiger charge is -2.12. The van der Waals surface area contributed by atoms with Crippen LogP contribution in [0.2, 0.25) is 0 Å². The van der Waals surface area contributed by atoms with E-state index in [1.165, 1.54) is 14.1 Å². The standard InChI is InChI=1S/C19H21N3O4S/c1-4-9-22-17-8-7-16(27(24,25)21(2)3)11-14(17)12-18(22)19(23)20-13-15-6-5-10-26-15/h4-8,10-12H,1,9,13H2,2-3H3,(H,20,23). The van der Waals surface area contributed by atoms with Crippen molar-refractivity contribution in [2.45, 2.75) is 18.0 Å². The Morgan fingerprint density at radius 3 is 2.70 bits per heavy atom. The van der Waals surface area contributed by atoms with Gasteiger partial charge in [-0.2, -0.15) is 0 Å². The zero-order valence-electron chi connectivity index (χ0n) is 15.2. The van der Waals surface area contributed by atoms with E-state index in [0.717, 1.165) is 9.82 Å². The molecule has 0 fully saturated rings. The van der Waals surface area contributed by atoms with Crippen LogP contribution in [0, 0.1) is 0 Å². The predicted octanol–water partition coefficient (Wildman–Crippen LogP) is 2.60. The first-order valence-electron chi connectivity index (χ1n) is 8.32. The molecule has 0 saturated heterocycles. The summed E-state index contributed by atoms with van der Waals surface area (Å²) in [4.78, 5) is 12.8. The van der Waals surface area contributed by atoms with Gasteiger partial charge < -0.3 is 14.3 Å². The Kier molecular flexibility index (Phi) is 5.20. The maximum atomic E-state index is 12.7. The summed E-state index contributed by atoms with van der Waals surface area (Å²) in [6.45, 7) is 4.43. The molecule has 3 aromatic rings. The molecule has 142 valence electrons. The number of benzene rings is 1. The van der Waals surface area contributed by atoms with E-state index >= 15 is 0 Å². The minimum atomic E-state index is -3.55. The zero-order chi connectivity index (χ0) is 19.6. The Hall–Kier alpha value is -2.84. The summed E-state index contributed by atoms with van der Waals surface area (Å²) < 4.78 is 32.9. The predicted molar refractivity (Wildman–Crippen MR) is 103 cm³/mol. The Balaban J connectivity index is 2.00. The first kappa shape index (κ1) is 18.9. The van der Waals surface area contributed by atoms with Gasteiger partial charge >= 0.3 is 0 Å². The van der Waals surface area contributed by atoms with Gasteiger partial charge in [-0.15, -0.1) is 6.58 Å². The Morgan fingerprint density at radius 2 is 2.07 bits per heavy atom. The topological polar surface area (TPSA) is 84.5 Å². The average Bonchev–Trinajstić information content (AvgIpc) is 3.27. The maximum Gasteiger partial charge on any atom is 0.268 e. The third kappa shape index (κ3) is 3.67. The summed E-state index contributed by atoms with van der Waals surface area (Å²) in [5.41, 5.74) is 1.19. The SMILES string of the molecule is C=CCn1c(C(=O)NCc2ccco2)cc2cc(S(=O)(=O)N(C)C)ccc21. The molecule has 0 atom stereocenters. The first-order chi connectivity index (χ1) is 12.8. The van der Waals surface area contributed by atoms with Gasteiger partial charge in [-0.25, -0.2) is 12.7 Å². The van der Waals surface area contributed by atoms with E-state index in [2.05, 4.69) is 11.9 Å². The van der Waals surface area contributed by atoms with Crippen LogP contribution in [-0.2, 0) is 23.1 Å². The summed E-state index contributed by atoms with van der Waals surface area (Å²) >= 11 is 0. The largest absolute Gasteiger partial charge is 0.467 e. The molecule has 1 N–H and O–H groups in total. The van der Waals surface area contributed by atoms with Crippen molar-refractivity contribution in [3.05, 3.63) is 66.8 Å². The monoisotopic (exact) mass is 387 g/mol. The lowest BCUT2D eigenvalue weighted by Crippen LogP contribution is -2.25. The second-order valence-electron chi connectivity index (χ2n) is 6.20. The number of amides is 1. The fraction of sp³-hybridized carbons (Fsp3) is 0.211. The number of carbonyl (C=O) groups excluding carboxylic acids is 1. The highest BCUT2D eigenvalue weighted by atomic mass is 32.2. The number of hydrogen-bond donors (Lipinski definition) is 1. The van der Waals surface area contributed by atoms with Crippen LogP contribution in [-0.4, -0.2) is 37.3 Å². The molecule has 0 aliphatic carbocycles. The second-order valence-corrected chi connectivity index (χ2v) is 8.35. The van der Waals surface area contributed by atoms with Gasteiger partial charge in [0.05, 0.1) is 17.7 Å². The Labute approximate surface area is 157 Å². The van der Waals surface area contributed by atoms with Gasteiger partial charge in [-0.3, -0.25) is 4.79 Å². The summed E-state index contributed by atoms with van der Waals surface area (Å²) in [6, 6.07) is 10.0. The van der Waals surface area contributed by atoms with Crippen LogP contribution in [0.5, 0.6) is 0 Å². The number of sulfonamides is 1. The van der Waals surface area contributed by atoms with Crippen molar-refractivity contribution in [3.8, 4) is 0 Å². The number of rotatable bonds is 7. The number of fused-ring (bicyclic) bond motifs is 1. The molecule has 1 amide bonds. The first-order valence-corrected chi connectivity index (χ1v) is 9.76. The van der Waals surface area contributed by atoms with Crippen molar-refractivity contribution in [1.82, 2.24) is 14.2 Å². The van der Waals surface area contributed by atoms with Crippen LogP contribution in [0.15, 0.2) is 64.6 Å². The molecule has 7 nitrogen and oxygen atoms in total. The van der Waals surface area contributed by atoms with E-state index in [9.17, 15) is 13.2 Å². The highest BCUT2D eigenvalue weighted by Gasteiger charge is 2.20. The van der Waals surface area contributed by atoms with Gasteiger partial charge in [0.2, 0.25) is 10.0 Å². The van der Waals surface area contributed by atoms with Crippen LogP contribution in [0.3, 0.4) is 0 Å². The van der Waals surface area contributed by atoms with Gasteiger partial charge in [0.15, 0.2) is 0 Å². The minimum absolute atomic E-state index is 0.179. The fourth-order valence-corrected chi connectivity index (χ4v) is 3.74. The van der Waals surface area contributed by atoms with E-state index in [1.54, 1.807) is 53.3 Å². The van der Waals surface area contributed by atoms with E-state index in [0.29, 0.717) is 23.4 Å². The number of nitrogens with zero attached hydrogens (tertiary/aromatic N) is 2. The van der Waals surface area contributed by atoms with Crippen molar-refractivity contribution >= 4 is 26.8 Å². The van der Waals surface area contributed by atoms with Gasteiger partial charge in [0.1, 0.15) is 11.5 Å². The lowest BCUT2D eigenvalue weighted by atomic mass is 10.2. The average molecular weight is 387 g/mol. The smallest absolute Gasteiger partial charge is 0.268 e. The quantitative estimate of drug-likeness (QED) is 0.632. The normalized spacial score (nSPS) is 11.8. The van der Waals surface area contributed by atoms with Crippen LogP contribution >= 0.6 is 0 Å². The molecule has 0 aliphatic rings. The number of nitrogens with one attached hydrogen (secondary N) is 1. The molecule has 8 heteroatoms. The summed E-state index contributed by atoms with van der Waals surface area (Å²) in [6.07, 6.45) is 3.23. The van der Waals surface area contributed by atoms with E-state index in [4.69, 9.17) is 4.42 Å². The van der Waals surface area contributed by atoms with Crippen LogP contribution in [0.4, 0.5) is 0 Å².